The summed E-state index contributed by atoms with van der Waals surface area (Å²) in [6.45, 7) is 0.937. The topological polar surface area (TPSA) is 47.3 Å². The maximum atomic E-state index is 6.16. The molecule has 0 amide bonds. The van der Waals surface area contributed by atoms with Crippen molar-refractivity contribution in [2.24, 2.45) is 17.7 Å². The molecule has 2 aliphatic heterocycles. The van der Waals surface area contributed by atoms with Crippen molar-refractivity contribution in [2.75, 3.05) is 18.1 Å². The molecule has 122 valence electrons. The van der Waals surface area contributed by atoms with Crippen LogP contribution in [0, 0.1) is 11.8 Å². The van der Waals surface area contributed by atoms with Crippen LogP contribution in [0.1, 0.15) is 64.2 Å². The molecule has 1 spiro atoms. The molecule has 3 atom stereocenters. The van der Waals surface area contributed by atoms with Gasteiger partial charge in [0, 0.05) is 18.4 Å². The van der Waals surface area contributed by atoms with E-state index >= 15 is 0 Å². The van der Waals surface area contributed by atoms with Crippen molar-refractivity contribution in [3.63, 3.8) is 0 Å². The molecular weight excluding hydrogens is 280 g/mol. The van der Waals surface area contributed by atoms with Gasteiger partial charge < -0.3 is 4.74 Å². The Bertz CT molecular complexity index is 314. The van der Waals surface area contributed by atoms with Gasteiger partial charge in [-0.05, 0) is 49.7 Å². The summed E-state index contributed by atoms with van der Waals surface area (Å²) in [5.41, 5.74) is 3.34. The van der Waals surface area contributed by atoms with Crippen LogP contribution in [0.4, 0.5) is 0 Å². The Morgan fingerprint density at radius 3 is 2.81 bits per heavy atom. The first-order valence-electron chi connectivity index (χ1n) is 8.99. The second kappa shape index (κ2) is 7.67. The highest BCUT2D eigenvalue weighted by Crippen LogP contribution is 2.42. The van der Waals surface area contributed by atoms with Crippen molar-refractivity contribution in [2.45, 2.75) is 75.9 Å². The number of nitrogens with two attached hydrogens (primary N) is 1. The minimum absolute atomic E-state index is 0.188. The van der Waals surface area contributed by atoms with Gasteiger partial charge in [-0.15, -0.1) is 0 Å². The number of thioether (sulfide) groups is 1. The predicted octanol–water partition coefficient (Wildman–Crippen LogP) is 3.48. The number of nitrogens with one attached hydrogen (secondary N) is 1. The minimum atomic E-state index is 0.188. The van der Waals surface area contributed by atoms with Crippen LogP contribution in [-0.4, -0.2) is 29.8 Å². The fourth-order valence-corrected chi connectivity index (χ4v) is 6.00. The van der Waals surface area contributed by atoms with Crippen LogP contribution in [0.3, 0.4) is 0 Å². The van der Waals surface area contributed by atoms with Gasteiger partial charge in [-0.3, -0.25) is 11.3 Å². The lowest BCUT2D eigenvalue weighted by Gasteiger charge is -2.41. The van der Waals surface area contributed by atoms with Gasteiger partial charge in [0.15, 0.2) is 0 Å². The molecule has 1 aliphatic carbocycles. The normalized spacial score (nSPS) is 36.1. The summed E-state index contributed by atoms with van der Waals surface area (Å²) in [4.78, 5) is 0. The third kappa shape index (κ3) is 4.15. The summed E-state index contributed by atoms with van der Waals surface area (Å²) in [5, 5.41) is 0. The van der Waals surface area contributed by atoms with E-state index in [-0.39, 0.29) is 5.60 Å². The predicted molar refractivity (Wildman–Crippen MR) is 90.3 cm³/mol. The van der Waals surface area contributed by atoms with Gasteiger partial charge in [0.25, 0.3) is 0 Å². The van der Waals surface area contributed by atoms with Crippen molar-refractivity contribution < 1.29 is 4.74 Å². The molecule has 0 aromatic heterocycles. The summed E-state index contributed by atoms with van der Waals surface area (Å²) in [7, 11) is 0. The third-order valence-corrected chi connectivity index (χ3v) is 7.22. The van der Waals surface area contributed by atoms with Crippen LogP contribution in [0.25, 0.3) is 0 Å². The van der Waals surface area contributed by atoms with E-state index in [2.05, 4.69) is 17.2 Å². The Hall–Kier alpha value is 0.230. The summed E-state index contributed by atoms with van der Waals surface area (Å²) < 4.78 is 6.16. The molecule has 2 saturated heterocycles. The summed E-state index contributed by atoms with van der Waals surface area (Å²) in [6.07, 6.45) is 13.5. The molecule has 0 bridgehead atoms. The average Bonchev–Trinajstić information content (AvgIpc) is 2.97. The Balaban J connectivity index is 1.50. The molecular formula is C17H32N2OS. The lowest BCUT2D eigenvalue weighted by atomic mass is 9.78. The Morgan fingerprint density at radius 1 is 1.24 bits per heavy atom. The van der Waals surface area contributed by atoms with Crippen molar-refractivity contribution >= 4 is 11.8 Å². The van der Waals surface area contributed by atoms with E-state index in [1.165, 1.54) is 75.7 Å². The van der Waals surface area contributed by atoms with Crippen LogP contribution in [0.15, 0.2) is 0 Å². The van der Waals surface area contributed by atoms with Gasteiger partial charge in [0.05, 0.1) is 5.60 Å². The van der Waals surface area contributed by atoms with E-state index in [4.69, 9.17) is 10.6 Å². The van der Waals surface area contributed by atoms with Crippen LogP contribution < -0.4 is 11.3 Å². The average molecular weight is 313 g/mol. The van der Waals surface area contributed by atoms with E-state index in [1.54, 1.807) is 0 Å². The van der Waals surface area contributed by atoms with Gasteiger partial charge in [0.2, 0.25) is 0 Å². The highest BCUT2D eigenvalue weighted by atomic mass is 32.2. The van der Waals surface area contributed by atoms with E-state index in [9.17, 15) is 0 Å². The number of hydrogen-bond acceptors (Lipinski definition) is 4. The largest absolute Gasteiger partial charge is 0.374 e. The number of rotatable bonds is 5. The fraction of sp³-hybridized carbons (Fsp3) is 1.00. The quantitative estimate of drug-likeness (QED) is 0.603. The lowest BCUT2D eigenvalue weighted by molar-refractivity contribution is -0.0858. The van der Waals surface area contributed by atoms with Crippen LogP contribution in [0.2, 0.25) is 0 Å². The number of ether oxygens (including phenoxy) is 1. The first-order valence-corrected chi connectivity index (χ1v) is 10.1. The summed E-state index contributed by atoms with van der Waals surface area (Å²) in [6, 6.07) is 0.498. The second-order valence-electron chi connectivity index (χ2n) is 7.44. The zero-order chi connectivity index (χ0) is 14.5. The highest BCUT2D eigenvalue weighted by molar-refractivity contribution is 7.99. The minimum Gasteiger partial charge on any atom is -0.374 e. The van der Waals surface area contributed by atoms with Gasteiger partial charge in [-0.25, -0.2) is 0 Å². The Labute approximate surface area is 134 Å². The van der Waals surface area contributed by atoms with E-state index in [0.717, 1.165) is 12.5 Å². The first-order chi connectivity index (χ1) is 10.3. The molecule has 4 heteroatoms. The van der Waals surface area contributed by atoms with Crippen LogP contribution in [-0.2, 0) is 4.74 Å². The smallest absolute Gasteiger partial charge is 0.0783 e. The maximum absolute atomic E-state index is 6.16. The van der Waals surface area contributed by atoms with E-state index in [0.29, 0.717) is 12.0 Å². The molecule has 2 heterocycles. The zero-order valence-corrected chi connectivity index (χ0v) is 14.1. The molecule has 21 heavy (non-hydrogen) atoms. The zero-order valence-electron chi connectivity index (χ0n) is 13.3. The van der Waals surface area contributed by atoms with E-state index in [1.807, 2.05) is 0 Å². The van der Waals surface area contributed by atoms with Gasteiger partial charge >= 0.3 is 0 Å². The number of hydrazine groups is 1. The summed E-state index contributed by atoms with van der Waals surface area (Å²) in [5.74, 6) is 10.1. The van der Waals surface area contributed by atoms with Gasteiger partial charge in [0.1, 0.15) is 0 Å². The fourth-order valence-electron chi connectivity index (χ4n) is 4.62. The number of hydrogen-bond donors (Lipinski definition) is 2. The maximum Gasteiger partial charge on any atom is 0.0783 e. The molecule has 3 rings (SSSR count). The van der Waals surface area contributed by atoms with Gasteiger partial charge in [-0.1, -0.05) is 32.1 Å². The van der Waals surface area contributed by atoms with E-state index < -0.39 is 0 Å². The SMILES string of the molecule is NNC(CCC1CCCCC1)C1CCOC2(CCSC2)C1. The molecule has 3 unspecified atom stereocenters. The third-order valence-electron chi connectivity index (χ3n) is 5.99. The van der Waals surface area contributed by atoms with Crippen molar-refractivity contribution in [1.82, 2.24) is 5.43 Å². The summed E-state index contributed by atoms with van der Waals surface area (Å²) >= 11 is 2.06. The first kappa shape index (κ1) is 16.1. The second-order valence-corrected chi connectivity index (χ2v) is 8.55. The van der Waals surface area contributed by atoms with Crippen molar-refractivity contribution in [1.29, 1.82) is 0 Å². The van der Waals surface area contributed by atoms with Crippen molar-refractivity contribution in [3.05, 3.63) is 0 Å². The standard InChI is InChI=1S/C17H32N2OS/c18-19-16(7-6-14-4-2-1-3-5-14)15-8-10-20-17(12-15)9-11-21-13-17/h14-16,19H,1-13,18H2. The lowest BCUT2D eigenvalue weighted by Crippen LogP contribution is -2.49. The molecule has 3 fully saturated rings. The molecule has 3 aliphatic rings. The molecule has 0 aromatic carbocycles. The highest BCUT2D eigenvalue weighted by Gasteiger charge is 2.42. The molecule has 3 nitrogen and oxygen atoms in total. The molecule has 0 radical (unpaired) electrons. The van der Waals surface area contributed by atoms with Crippen LogP contribution in [0.5, 0.6) is 0 Å². The van der Waals surface area contributed by atoms with Crippen LogP contribution >= 0.6 is 11.8 Å². The van der Waals surface area contributed by atoms with Gasteiger partial charge in [-0.2, -0.15) is 11.8 Å². The monoisotopic (exact) mass is 312 g/mol. The molecule has 3 N–H and O–H groups in total. The molecule has 1 saturated carbocycles. The van der Waals surface area contributed by atoms with Crippen molar-refractivity contribution in [3.8, 4) is 0 Å². The Morgan fingerprint density at radius 2 is 2.10 bits per heavy atom. The molecule has 0 aromatic rings. The Kier molecular flexibility index (Phi) is 5.88.